The fraction of sp³-hybridized carbons (Fsp3) is 0.273. The van der Waals surface area contributed by atoms with Gasteiger partial charge in [0.2, 0.25) is 0 Å². The molecule has 0 aliphatic rings. The van der Waals surface area contributed by atoms with Crippen LogP contribution in [0.4, 0.5) is 5.69 Å². The normalized spacial score (nSPS) is 9.90. The Labute approximate surface area is 118 Å². The number of carboxylic acid groups (broad SMARTS) is 1. The molecule has 0 heterocycles. The molecular formula is C11H12N2O6S. The van der Waals surface area contributed by atoms with E-state index in [9.17, 15) is 19.7 Å². The van der Waals surface area contributed by atoms with Gasteiger partial charge in [-0.15, -0.1) is 11.8 Å². The zero-order valence-corrected chi connectivity index (χ0v) is 11.5. The fourth-order valence-electron chi connectivity index (χ4n) is 1.45. The van der Waals surface area contributed by atoms with E-state index in [0.29, 0.717) is 4.90 Å². The molecule has 0 spiro atoms. The SMILES string of the molecule is COc1cc([N+](=O)[O-])c(C(=O)NCC(=O)O)cc1SC. The molecule has 0 saturated carbocycles. The predicted octanol–water partition coefficient (Wildman–Crippen LogP) is 1.14. The smallest absolute Gasteiger partial charge is 0.322 e. The van der Waals surface area contributed by atoms with Crippen molar-refractivity contribution in [2.24, 2.45) is 0 Å². The summed E-state index contributed by atoms with van der Waals surface area (Å²) in [5.41, 5.74) is -0.649. The van der Waals surface area contributed by atoms with Crippen LogP contribution in [0.2, 0.25) is 0 Å². The quantitative estimate of drug-likeness (QED) is 0.459. The maximum Gasteiger partial charge on any atom is 0.322 e. The highest BCUT2D eigenvalue weighted by molar-refractivity contribution is 7.98. The minimum absolute atomic E-state index is 0.207. The zero-order valence-electron chi connectivity index (χ0n) is 10.7. The van der Waals surface area contributed by atoms with E-state index in [4.69, 9.17) is 9.84 Å². The van der Waals surface area contributed by atoms with Gasteiger partial charge in [0, 0.05) is 0 Å². The van der Waals surface area contributed by atoms with Crippen LogP contribution in [0, 0.1) is 10.1 Å². The van der Waals surface area contributed by atoms with Crippen LogP contribution >= 0.6 is 11.8 Å². The Bertz CT molecular complexity index is 560. The number of aliphatic carboxylic acids is 1. The number of carbonyl (C=O) groups excluding carboxylic acids is 1. The predicted molar refractivity (Wildman–Crippen MR) is 71.4 cm³/mol. The molecule has 1 aromatic rings. The number of nitro benzene ring substituents is 1. The molecule has 8 nitrogen and oxygen atoms in total. The largest absolute Gasteiger partial charge is 0.495 e. The van der Waals surface area contributed by atoms with Crippen molar-refractivity contribution in [3.8, 4) is 5.75 Å². The summed E-state index contributed by atoms with van der Waals surface area (Å²) in [5.74, 6) is -1.78. The van der Waals surface area contributed by atoms with Crippen molar-refractivity contribution in [3.05, 3.63) is 27.8 Å². The summed E-state index contributed by atoms with van der Waals surface area (Å²) in [4.78, 5) is 33.0. The third-order valence-electron chi connectivity index (χ3n) is 2.34. The first-order valence-corrected chi connectivity index (χ1v) is 6.53. The first kappa shape index (κ1) is 15.8. The zero-order chi connectivity index (χ0) is 15.3. The van der Waals surface area contributed by atoms with Gasteiger partial charge in [0.15, 0.2) is 0 Å². The number of benzene rings is 1. The number of carbonyl (C=O) groups is 2. The second-order valence-corrected chi connectivity index (χ2v) is 4.41. The maximum atomic E-state index is 11.8. The van der Waals surface area contributed by atoms with Crippen LogP contribution in [-0.2, 0) is 4.79 Å². The highest BCUT2D eigenvalue weighted by Gasteiger charge is 2.24. The first-order chi connectivity index (χ1) is 9.40. The maximum absolute atomic E-state index is 11.8. The molecule has 0 fully saturated rings. The summed E-state index contributed by atoms with van der Waals surface area (Å²) >= 11 is 1.25. The summed E-state index contributed by atoms with van der Waals surface area (Å²) in [5, 5.41) is 21.6. The van der Waals surface area contributed by atoms with Crippen molar-refractivity contribution in [1.29, 1.82) is 0 Å². The Hall–Kier alpha value is -2.29. The fourth-order valence-corrected chi connectivity index (χ4v) is 2.03. The Balaban J connectivity index is 3.25. The Kier molecular flexibility index (Phi) is 5.32. The number of rotatable bonds is 6. The molecule has 108 valence electrons. The third kappa shape index (κ3) is 3.60. The lowest BCUT2D eigenvalue weighted by atomic mass is 10.1. The van der Waals surface area contributed by atoms with Gasteiger partial charge in [0.05, 0.1) is 23.0 Å². The molecule has 9 heteroatoms. The van der Waals surface area contributed by atoms with E-state index in [1.807, 2.05) is 0 Å². The number of ether oxygens (including phenoxy) is 1. The summed E-state index contributed by atoms with van der Waals surface area (Å²) < 4.78 is 5.01. The number of carboxylic acids is 1. The number of methoxy groups -OCH3 is 1. The van der Waals surface area contributed by atoms with Gasteiger partial charge in [-0.1, -0.05) is 0 Å². The minimum Gasteiger partial charge on any atom is -0.495 e. The lowest BCUT2D eigenvalue weighted by molar-refractivity contribution is -0.385. The topological polar surface area (TPSA) is 119 Å². The summed E-state index contributed by atoms with van der Waals surface area (Å²) in [6, 6.07) is 2.44. The van der Waals surface area contributed by atoms with Gasteiger partial charge in [0.25, 0.3) is 11.6 Å². The summed E-state index contributed by atoms with van der Waals surface area (Å²) in [7, 11) is 1.36. The standard InChI is InChI=1S/C11H12N2O6S/c1-19-8-4-7(13(17)18)6(3-9(8)20-2)11(16)12-5-10(14)15/h3-4H,5H2,1-2H3,(H,12,16)(H,14,15). The van der Waals surface area contributed by atoms with Gasteiger partial charge >= 0.3 is 5.97 Å². The molecule has 1 aromatic carbocycles. The molecule has 0 atom stereocenters. The lowest BCUT2D eigenvalue weighted by Gasteiger charge is -2.09. The Morgan fingerprint density at radius 3 is 2.60 bits per heavy atom. The number of thioether (sulfide) groups is 1. The molecule has 0 aliphatic carbocycles. The van der Waals surface area contributed by atoms with E-state index in [-0.39, 0.29) is 11.3 Å². The van der Waals surface area contributed by atoms with Gasteiger partial charge in [-0.3, -0.25) is 19.7 Å². The lowest BCUT2D eigenvalue weighted by Crippen LogP contribution is -2.29. The van der Waals surface area contributed by atoms with Crippen molar-refractivity contribution in [2.45, 2.75) is 4.90 Å². The molecular weight excluding hydrogens is 288 g/mol. The average Bonchev–Trinajstić information content (AvgIpc) is 2.42. The molecule has 1 amide bonds. The molecule has 0 unspecified atom stereocenters. The van der Waals surface area contributed by atoms with E-state index in [1.54, 1.807) is 6.26 Å². The summed E-state index contributed by atoms with van der Waals surface area (Å²) in [6.07, 6.45) is 1.72. The van der Waals surface area contributed by atoms with E-state index < -0.39 is 29.0 Å². The molecule has 0 saturated heterocycles. The number of hydrogen-bond donors (Lipinski definition) is 2. The summed E-state index contributed by atoms with van der Waals surface area (Å²) in [6.45, 7) is -0.614. The van der Waals surface area contributed by atoms with E-state index in [1.165, 1.54) is 24.9 Å². The minimum atomic E-state index is -1.24. The van der Waals surface area contributed by atoms with E-state index in [2.05, 4.69) is 5.32 Å². The third-order valence-corrected chi connectivity index (χ3v) is 3.10. The van der Waals surface area contributed by atoms with Crippen molar-refractivity contribution < 1.29 is 24.4 Å². The Morgan fingerprint density at radius 1 is 1.50 bits per heavy atom. The van der Waals surface area contributed by atoms with Crippen molar-refractivity contribution >= 4 is 29.3 Å². The highest BCUT2D eigenvalue weighted by Crippen LogP contribution is 2.34. The second kappa shape index (κ2) is 6.75. The molecule has 0 aliphatic heterocycles. The molecule has 0 radical (unpaired) electrons. The molecule has 20 heavy (non-hydrogen) atoms. The monoisotopic (exact) mass is 300 g/mol. The van der Waals surface area contributed by atoms with Gasteiger partial charge in [-0.25, -0.2) is 0 Å². The van der Waals surface area contributed by atoms with E-state index >= 15 is 0 Å². The van der Waals surface area contributed by atoms with Crippen molar-refractivity contribution in [3.63, 3.8) is 0 Å². The molecule has 1 rings (SSSR count). The molecule has 0 bridgehead atoms. The Morgan fingerprint density at radius 2 is 2.15 bits per heavy atom. The van der Waals surface area contributed by atoms with Gasteiger partial charge in [0.1, 0.15) is 17.9 Å². The van der Waals surface area contributed by atoms with Gasteiger partial charge in [-0.05, 0) is 12.3 Å². The number of nitro groups is 1. The number of hydrogen-bond acceptors (Lipinski definition) is 6. The second-order valence-electron chi connectivity index (χ2n) is 3.56. The van der Waals surface area contributed by atoms with Crippen LogP contribution in [-0.4, -0.2) is 41.8 Å². The van der Waals surface area contributed by atoms with Crippen LogP contribution in [0.15, 0.2) is 17.0 Å². The first-order valence-electron chi connectivity index (χ1n) is 5.31. The number of nitrogens with zero attached hydrogens (tertiary/aromatic N) is 1. The number of nitrogens with one attached hydrogen (secondary N) is 1. The van der Waals surface area contributed by atoms with Crippen LogP contribution in [0.25, 0.3) is 0 Å². The van der Waals surface area contributed by atoms with Gasteiger partial charge < -0.3 is 15.2 Å². The van der Waals surface area contributed by atoms with Crippen LogP contribution < -0.4 is 10.1 Å². The van der Waals surface area contributed by atoms with Crippen molar-refractivity contribution in [2.75, 3.05) is 19.9 Å². The highest BCUT2D eigenvalue weighted by atomic mass is 32.2. The van der Waals surface area contributed by atoms with Gasteiger partial charge in [-0.2, -0.15) is 0 Å². The number of amides is 1. The van der Waals surface area contributed by atoms with Crippen LogP contribution in [0.5, 0.6) is 5.75 Å². The van der Waals surface area contributed by atoms with Crippen molar-refractivity contribution in [1.82, 2.24) is 5.32 Å². The molecule has 0 aromatic heterocycles. The molecule has 2 N–H and O–H groups in total. The van der Waals surface area contributed by atoms with Crippen LogP contribution in [0.3, 0.4) is 0 Å². The van der Waals surface area contributed by atoms with Crippen LogP contribution in [0.1, 0.15) is 10.4 Å². The van der Waals surface area contributed by atoms with E-state index in [0.717, 1.165) is 6.07 Å². The average molecular weight is 300 g/mol.